The maximum atomic E-state index is 15.3. The Kier molecular flexibility index (Phi) is 7.35. The molecule has 0 atom stereocenters. The number of fused-ring (bicyclic) bond motifs is 3. The van der Waals surface area contributed by atoms with Gasteiger partial charge in [0.25, 0.3) is 0 Å². The molecule has 0 N–H and O–H groups in total. The number of hydrogen-bond acceptors (Lipinski definition) is 2. The molecule has 2 aliphatic rings. The summed E-state index contributed by atoms with van der Waals surface area (Å²) in [7, 11) is 0. The minimum atomic E-state index is -5.33. The van der Waals surface area contributed by atoms with Crippen molar-refractivity contribution in [2.45, 2.75) is 69.5 Å². The Balaban J connectivity index is 1.71. The average molecular weight is 534 g/mol. The molecular weight excluding hydrogens is 508 g/mol. The van der Waals surface area contributed by atoms with Gasteiger partial charge in [0.05, 0.1) is 29.4 Å². The van der Waals surface area contributed by atoms with E-state index in [1.54, 1.807) is 6.08 Å². The monoisotopic (exact) mass is 534 g/mol. The van der Waals surface area contributed by atoms with Crippen molar-refractivity contribution in [1.82, 2.24) is 0 Å². The lowest BCUT2D eigenvalue weighted by atomic mass is 9.79. The number of ether oxygens (including phenoxy) is 2. The summed E-state index contributed by atoms with van der Waals surface area (Å²) in [5, 5.41) is 0. The first-order chi connectivity index (χ1) is 17.4. The molecule has 1 fully saturated rings. The summed E-state index contributed by atoms with van der Waals surface area (Å²) in [6.07, 6.45) is -0.212. The summed E-state index contributed by atoms with van der Waals surface area (Å²) in [4.78, 5) is 0. The predicted octanol–water partition coefficient (Wildman–Crippen LogP) is 8.82. The number of halogens is 8. The summed E-state index contributed by atoms with van der Waals surface area (Å²) < 4.78 is 130. The molecule has 0 aliphatic heterocycles. The summed E-state index contributed by atoms with van der Waals surface area (Å²) >= 11 is 0. The number of benzene rings is 2. The van der Waals surface area contributed by atoms with Gasteiger partial charge in [0.2, 0.25) is 0 Å². The normalized spacial score (nSPS) is 22.2. The summed E-state index contributed by atoms with van der Waals surface area (Å²) in [5.41, 5.74) is -6.74. The highest BCUT2D eigenvalue weighted by Crippen LogP contribution is 2.60. The van der Waals surface area contributed by atoms with E-state index in [4.69, 9.17) is 9.47 Å². The minimum Gasteiger partial charge on any atom is -0.491 e. The SMILES string of the molecule is C=CCCC1CCC(OC(F)(F)c2ccc3c(c2F)C(F)(F)C(F)(F)c2c-3ccc(OCC)c2F)CC1. The maximum absolute atomic E-state index is 15.3. The zero-order valence-electron chi connectivity index (χ0n) is 20.0. The van der Waals surface area contributed by atoms with E-state index in [1.807, 2.05) is 0 Å². The van der Waals surface area contributed by atoms with Crippen LogP contribution in [0.2, 0.25) is 0 Å². The molecule has 0 bridgehead atoms. The van der Waals surface area contributed by atoms with Crippen LogP contribution < -0.4 is 4.74 Å². The predicted molar refractivity (Wildman–Crippen MR) is 121 cm³/mol. The Morgan fingerprint density at radius 2 is 1.49 bits per heavy atom. The molecule has 0 radical (unpaired) electrons. The highest BCUT2D eigenvalue weighted by Gasteiger charge is 2.66. The molecule has 0 spiro atoms. The van der Waals surface area contributed by atoms with Crippen molar-refractivity contribution < 1.29 is 44.6 Å². The van der Waals surface area contributed by atoms with E-state index in [2.05, 4.69) is 6.58 Å². The molecule has 10 heteroatoms. The van der Waals surface area contributed by atoms with Crippen molar-refractivity contribution in [3.63, 3.8) is 0 Å². The second-order valence-corrected chi connectivity index (χ2v) is 9.38. The van der Waals surface area contributed by atoms with Crippen molar-refractivity contribution in [1.29, 1.82) is 0 Å². The molecule has 37 heavy (non-hydrogen) atoms. The van der Waals surface area contributed by atoms with Crippen LogP contribution in [0, 0.1) is 17.6 Å². The van der Waals surface area contributed by atoms with Gasteiger partial charge in [0, 0.05) is 0 Å². The molecule has 0 amide bonds. The third-order valence-corrected chi connectivity index (χ3v) is 7.06. The molecule has 0 aromatic heterocycles. The van der Waals surface area contributed by atoms with E-state index in [0.29, 0.717) is 30.9 Å². The highest BCUT2D eigenvalue weighted by atomic mass is 19.3. The molecular formula is C27H26F8O2. The van der Waals surface area contributed by atoms with Crippen molar-refractivity contribution >= 4 is 0 Å². The minimum absolute atomic E-state index is 0.127. The van der Waals surface area contributed by atoms with Gasteiger partial charge < -0.3 is 9.47 Å². The first-order valence-electron chi connectivity index (χ1n) is 12.1. The first-order valence-corrected chi connectivity index (χ1v) is 12.1. The van der Waals surface area contributed by atoms with Crippen LogP contribution in [0.25, 0.3) is 11.1 Å². The first kappa shape index (κ1) is 27.4. The van der Waals surface area contributed by atoms with Crippen LogP contribution in [0.15, 0.2) is 36.9 Å². The zero-order valence-corrected chi connectivity index (χ0v) is 20.0. The van der Waals surface area contributed by atoms with Crippen molar-refractivity contribution in [3.05, 3.63) is 65.2 Å². The lowest BCUT2D eigenvalue weighted by molar-refractivity contribution is -0.279. The zero-order chi connectivity index (χ0) is 27.2. The molecule has 2 aliphatic carbocycles. The summed E-state index contributed by atoms with van der Waals surface area (Å²) in [5.74, 6) is -14.9. The molecule has 2 nitrogen and oxygen atoms in total. The molecule has 2 aromatic carbocycles. The molecule has 0 saturated heterocycles. The van der Waals surface area contributed by atoms with Crippen LogP contribution in [-0.2, 0) is 22.7 Å². The Morgan fingerprint density at radius 1 is 0.919 bits per heavy atom. The van der Waals surface area contributed by atoms with E-state index >= 15 is 30.7 Å². The summed E-state index contributed by atoms with van der Waals surface area (Å²) in [6, 6.07) is 3.00. The second kappa shape index (κ2) is 9.93. The standard InChI is InChI=1S/C27H26F8O2/c1-3-5-6-15-7-9-16(10-8-15)37-27(34,35)19-13-11-17-18-12-14-20(36-4-2)24(29)22(18)26(32,33)25(30,31)21(17)23(19)28/h3,11-16H,1,4-10H2,2H3. The van der Waals surface area contributed by atoms with Gasteiger partial charge in [-0.2, -0.15) is 26.3 Å². The van der Waals surface area contributed by atoms with E-state index in [0.717, 1.165) is 25.0 Å². The third-order valence-electron chi connectivity index (χ3n) is 7.06. The van der Waals surface area contributed by atoms with E-state index in [1.165, 1.54) is 6.92 Å². The highest BCUT2D eigenvalue weighted by molar-refractivity contribution is 5.77. The van der Waals surface area contributed by atoms with Crippen LogP contribution in [0.4, 0.5) is 35.1 Å². The lowest BCUT2D eigenvalue weighted by Gasteiger charge is -2.36. The van der Waals surface area contributed by atoms with E-state index < -0.39 is 69.3 Å². The van der Waals surface area contributed by atoms with Crippen molar-refractivity contribution in [3.8, 4) is 16.9 Å². The number of hydrogen-bond donors (Lipinski definition) is 0. The smallest absolute Gasteiger partial charge is 0.386 e. The number of alkyl halides is 6. The van der Waals surface area contributed by atoms with Crippen LogP contribution in [0.3, 0.4) is 0 Å². The van der Waals surface area contributed by atoms with Gasteiger partial charge in [-0.15, -0.1) is 6.58 Å². The third kappa shape index (κ3) is 4.62. The Labute approximate surface area is 209 Å². The van der Waals surface area contributed by atoms with Gasteiger partial charge in [-0.05, 0) is 80.7 Å². The molecule has 2 aromatic rings. The Morgan fingerprint density at radius 3 is 2.05 bits per heavy atom. The van der Waals surface area contributed by atoms with Crippen LogP contribution >= 0.6 is 0 Å². The maximum Gasteiger partial charge on any atom is 0.386 e. The number of rotatable bonds is 8. The molecule has 1 saturated carbocycles. The van der Waals surface area contributed by atoms with E-state index in [-0.39, 0.29) is 19.4 Å². The fraction of sp³-hybridized carbons (Fsp3) is 0.481. The van der Waals surface area contributed by atoms with Crippen molar-refractivity contribution in [2.24, 2.45) is 5.92 Å². The summed E-state index contributed by atoms with van der Waals surface area (Å²) in [6.45, 7) is 4.96. The van der Waals surface area contributed by atoms with Gasteiger partial charge in [-0.1, -0.05) is 12.1 Å². The average Bonchev–Trinajstić information content (AvgIpc) is 2.83. The quantitative estimate of drug-likeness (QED) is 0.249. The Hall–Kier alpha value is -2.62. The van der Waals surface area contributed by atoms with Crippen LogP contribution in [0.1, 0.15) is 62.1 Å². The largest absolute Gasteiger partial charge is 0.491 e. The fourth-order valence-corrected chi connectivity index (χ4v) is 5.17. The van der Waals surface area contributed by atoms with Gasteiger partial charge in [-0.25, -0.2) is 8.78 Å². The van der Waals surface area contributed by atoms with Crippen LogP contribution in [0.5, 0.6) is 5.75 Å². The molecule has 202 valence electrons. The molecule has 4 rings (SSSR count). The molecule has 0 heterocycles. The van der Waals surface area contributed by atoms with Gasteiger partial charge >= 0.3 is 18.0 Å². The lowest BCUT2D eigenvalue weighted by Crippen LogP contribution is -2.41. The fourth-order valence-electron chi connectivity index (χ4n) is 5.17. The van der Waals surface area contributed by atoms with Gasteiger partial charge in [-0.3, -0.25) is 0 Å². The second-order valence-electron chi connectivity index (χ2n) is 9.38. The van der Waals surface area contributed by atoms with Gasteiger partial charge in [0.15, 0.2) is 11.6 Å². The topological polar surface area (TPSA) is 18.5 Å². The van der Waals surface area contributed by atoms with Crippen molar-refractivity contribution in [2.75, 3.05) is 6.61 Å². The number of allylic oxidation sites excluding steroid dienone is 1. The Bertz CT molecular complexity index is 1170. The van der Waals surface area contributed by atoms with Gasteiger partial charge in [0.1, 0.15) is 5.82 Å². The van der Waals surface area contributed by atoms with E-state index in [9.17, 15) is 4.39 Å². The van der Waals surface area contributed by atoms with Crippen LogP contribution in [-0.4, -0.2) is 12.7 Å². The molecule has 0 unspecified atom stereocenters.